The first-order chi connectivity index (χ1) is 7.20. The van der Waals surface area contributed by atoms with Gasteiger partial charge in [0.2, 0.25) is 0 Å². The molecule has 0 spiro atoms. The average molecular weight is 226 g/mol. The minimum Gasteiger partial charge on any atom is -0.494 e. The third kappa shape index (κ3) is 1.87. The monoisotopic (exact) mass is 225 g/mol. The van der Waals surface area contributed by atoms with Crippen molar-refractivity contribution in [3.8, 4) is 11.4 Å². The van der Waals surface area contributed by atoms with Crippen LogP contribution in [0.5, 0.6) is 5.75 Å². The molecule has 0 radical (unpaired) electrons. The number of benzene rings is 1. The Balaban J connectivity index is 2.59. The molecule has 0 aliphatic carbocycles. The Morgan fingerprint density at radius 3 is 2.93 bits per heavy atom. The van der Waals surface area contributed by atoms with E-state index in [-0.39, 0.29) is 0 Å². The molecule has 0 saturated carbocycles. The summed E-state index contributed by atoms with van der Waals surface area (Å²) in [6.07, 6.45) is 1.37. The van der Waals surface area contributed by atoms with Crippen molar-refractivity contribution in [1.82, 2.24) is 14.8 Å². The van der Waals surface area contributed by atoms with Gasteiger partial charge in [0.25, 0.3) is 0 Å². The summed E-state index contributed by atoms with van der Waals surface area (Å²) >= 11 is 5.85. The second-order valence-corrected chi connectivity index (χ2v) is 3.28. The number of halogens is 1. The Kier molecular flexibility index (Phi) is 2.47. The topological polar surface area (TPSA) is 59.9 Å². The number of rotatable bonds is 2. The van der Waals surface area contributed by atoms with Gasteiger partial charge in [0.1, 0.15) is 17.8 Å². The zero-order chi connectivity index (χ0) is 10.8. The molecule has 0 bridgehead atoms. The van der Waals surface area contributed by atoms with E-state index in [9.17, 15) is 4.79 Å². The first-order valence-corrected chi connectivity index (χ1v) is 4.56. The molecule has 78 valence electrons. The molecule has 0 aliphatic heterocycles. The summed E-state index contributed by atoms with van der Waals surface area (Å²) < 4.78 is 6.59. The maximum absolute atomic E-state index is 10.9. The average Bonchev–Trinajstić information content (AvgIpc) is 2.65. The zero-order valence-corrected chi connectivity index (χ0v) is 8.65. The van der Waals surface area contributed by atoms with E-state index in [1.165, 1.54) is 11.0 Å². The molecule has 0 fully saturated rings. The summed E-state index contributed by atoms with van der Waals surface area (Å²) in [5.74, 6) is 0.605. The van der Waals surface area contributed by atoms with Crippen molar-refractivity contribution in [3.05, 3.63) is 40.0 Å². The number of hydrogen-bond donors (Lipinski definition) is 1. The summed E-state index contributed by atoms with van der Waals surface area (Å²) in [5, 5.41) is 3.06. The molecular weight excluding hydrogens is 218 g/mol. The molecular formula is C9H8ClN3O2. The lowest BCUT2D eigenvalue weighted by molar-refractivity contribution is 0.411. The van der Waals surface area contributed by atoms with Crippen LogP contribution in [0.1, 0.15) is 0 Å². The largest absolute Gasteiger partial charge is 0.494 e. The molecule has 2 rings (SSSR count). The highest BCUT2D eigenvalue weighted by molar-refractivity contribution is 6.30. The van der Waals surface area contributed by atoms with E-state index in [4.69, 9.17) is 16.3 Å². The number of methoxy groups -OCH3 is 1. The fourth-order valence-electron chi connectivity index (χ4n) is 1.24. The first-order valence-electron chi connectivity index (χ1n) is 4.18. The highest BCUT2D eigenvalue weighted by Gasteiger charge is 2.06. The second-order valence-electron chi connectivity index (χ2n) is 2.85. The number of ether oxygens (including phenoxy) is 1. The third-order valence-corrected chi connectivity index (χ3v) is 2.14. The summed E-state index contributed by atoms with van der Waals surface area (Å²) in [4.78, 5) is 14.4. The van der Waals surface area contributed by atoms with Gasteiger partial charge in [-0.05, 0) is 18.2 Å². The standard InChI is InChI=1S/C9H8ClN3O2/c1-15-8-3-2-6(10)4-7(8)13-5-11-9(14)12-13/h2-5H,1H3,(H,12,14). The molecule has 0 saturated heterocycles. The Hall–Kier alpha value is -1.75. The van der Waals surface area contributed by atoms with Gasteiger partial charge in [0, 0.05) is 5.02 Å². The fraction of sp³-hybridized carbons (Fsp3) is 0.111. The predicted molar refractivity (Wildman–Crippen MR) is 55.7 cm³/mol. The number of aromatic amines is 1. The van der Waals surface area contributed by atoms with E-state index < -0.39 is 5.69 Å². The van der Waals surface area contributed by atoms with E-state index >= 15 is 0 Å². The second kappa shape index (κ2) is 3.78. The summed E-state index contributed by atoms with van der Waals surface area (Å²) in [6, 6.07) is 5.10. The molecule has 1 aromatic carbocycles. The fourth-order valence-corrected chi connectivity index (χ4v) is 1.41. The van der Waals surface area contributed by atoms with Crippen LogP contribution in [0.15, 0.2) is 29.3 Å². The summed E-state index contributed by atoms with van der Waals surface area (Å²) in [6.45, 7) is 0. The maximum Gasteiger partial charge on any atom is 0.361 e. The highest BCUT2D eigenvalue weighted by Crippen LogP contribution is 2.24. The molecule has 5 nitrogen and oxygen atoms in total. The molecule has 0 atom stereocenters. The number of nitrogens with one attached hydrogen (secondary N) is 1. The van der Waals surface area contributed by atoms with Crippen LogP contribution in [0, 0.1) is 0 Å². The quantitative estimate of drug-likeness (QED) is 0.836. The molecule has 1 heterocycles. The lowest BCUT2D eigenvalue weighted by Crippen LogP contribution is -2.06. The Morgan fingerprint density at radius 1 is 1.53 bits per heavy atom. The molecule has 15 heavy (non-hydrogen) atoms. The predicted octanol–water partition coefficient (Wildman–Crippen LogP) is 1.22. The molecule has 0 unspecified atom stereocenters. The Morgan fingerprint density at radius 2 is 2.33 bits per heavy atom. The van der Waals surface area contributed by atoms with Gasteiger partial charge >= 0.3 is 5.69 Å². The van der Waals surface area contributed by atoms with Crippen molar-refractivity contribution >= 4 is 11.6 Å². The van der Waals surface area contributed by atoms with E-state index in [1.807, 2.05) is 0 Å². The van der Waals surface area contributed by atoms with Gasteiger partial charge in [-0.25, -0.2) is 14.6 Å². The van der Waals surface area contributed by atoms with Crippen molar-refractivity contribution in [1.29, 1.82) is 0 Å². The summed E-state index contributed by atoms with van der Waals surface area (Å²) in [7, 11) is 1.54. The number of hydrogen-bond acceptors (Lipinski definition) is 3. The van der Waals surface area contributed by atoms with E-state index in [0.29, 0.717) is 16.5 Å². The van der Waals surface area contributed by atoms with Gasteiger partial charge in [-0.15, -0.1) is 0 Å². The van der Waals surface area contributed by atoms with Gasteiger partial charge in [0.05, 0.1) is 7.11 Å². The van der Waals surface area contributed by atoms with Crippen molar-refractivity contribution in [2.45, 2.75) is 0 Å². The van der Waals surface area contributed by atoms with Crippen LogP contribution < -0.4 is 10.4 Å². The van der Waals surface area contributed by atoms with Crippen LogP contribution in [-0.4, -0.2) is 21.9 Å². The third-order valence-electron chi connectivity index (χ3n) is 1.91. The maximum atomic E-state index is 10.9. The first kappa shape index (κ1) is 9.79. The van der Waals surface area contributed by atoms with Crippen LogP contribution >= 0.6 is 11.6 Å². The molecule has 6 heteroatoms. The van der Waals surface area contributed by atoms with Crippen molar-refractivity contribution in [2.24, 2.45) is 0 Å². The van der Waals surface area contributed by atoms with Gasteiger partial charge in [0.15, 0.2) is 0 Å². The molecule has 0 aliphatic rings. The van der Waals surface area contributed by atoms with Crippen LogP contribution in [-0.2, 0) is 0 Å². The van der Waals surface area contributed by atoms with E-state index in [1.54, 1.807) is 25.3 Å². The van der Waals surface area contributed by atoms with Crippen LogP contribution in [0.2, 0.25) is 5.02 Å². The van der Waals surface area contributed by atoms with Crippen LogP contribution in [0.4, 0.5) is 0 Å². The minimum atomic E-state index is -0.419. The lowest BCUT2D eigenvalue weighted by Gasteiger charge is -2.08. The van der Waals surface area contributed by atoms with Crippen molar-refractivity contribution in [2.75, 3.05) is 7.11 Å². The van der Waals surface area contributed by atoms with Gasteiger partial charge in [-0.3, -0.25) is 0 Å². The molecule has 0 amide bonds. The molecule has 1 N–H and O–H groups in total. The highest BCUT2D eigenvalue weighted by atomic mass is 35.5. The SMILES string of the molecule is COc1ccc(Cl)cc1-n1cnc(=O)[nH]1. The zero-order valence-electron chi connectivity index (χ0n) is 7.90. The number of H-pyrrole nitrogens is 1. The molecule has 2 aromatic rings. The van der Waals surface area contributed by atoms with E-state index in [0.717, 1.165) is 0 Å². The smallest absolute Gasteiger partial charge is 0.361 e. The van der Waals surface area contributed by atoms with Gasteiger partial charge in [-0.1, -0.05) is 11.6 Å². The summed E-state index contributed by atoms with van der Waals surface area (Å²) in [5.41, 5.74) is 0.219. The van der Waals surface area contributed by atoms with Crippen molar-refractivity contribution < 1.29 is 4.74 Å². The normalized spacial score (nSPS) is 10.3. The van der Waals surface area contributed by atoms with Gasteiger partial charge < -0.3 is 4.74 Å². The van der Waals surface area contributed by atoms with E-state index in [2.05, 4.69) is 10.1 Å². The lowest BCUT2D eigenvalue weighted by atomic mass is 10.3. The number of aromatic nitrogens is 3. The van der Waals surface area contributed by atoms with Gasteiger partial charge in [-0.2, -0.15) is 4.98 Å². The van der Waals surface area contributed by atoms with Crippen LogP contribution in [0.3, 0.4) is 0 Å². The minimum absolute atomic E-state index is 0.419. The molecule has 1 aromatic heterocycles. The van der Waals surface area contributed by atoms with Crippen LogP contribution in [0.25, 0.3) is 5.69 Å². The Labute approximate surface area is 90.3 Å². The van der Waals surface area contributed by atoms with Crippen molar-refractivity contribution in [3.63, 3.8) is 0 Å². The Bertz CT molecular complexity index is 532. The number of nitrogens with zero attached hydrogens (tertiary/aromatic N) is 2.